The fourth-order valence-electron chi connectivity index (χ4n) is 1.74. The largest absolute Gasteiger partial charge is 0.489 e. The van der Waals surface area contributed by atoms with Gasteiger partial charge in [-0.3, -0.25) is 0 Å². The van der Waals surface area contributed by atoms with Crippen LogP contribution in [0.2, 0.25) is 0 Å². The van der Waals surface area contributed by atoms with Crippen LogP contribution < -0.4 is 4.74 Å². The Morgan fingerprint density at radius 2 is 2.00 bits per heavy atom. The molecule has 0 spiro atoms. The van der Waals surface area contributed by atoms with Crippen molar-refractivity contribution in [2.75, 3.05) is 6.61 Å². The lowest BCUT2D eigenvalue weighted by Crippen LogP contribution is -2.05. The number of halogens is 2. The van der Waals surface area contributed by atoms with Gasteiger partial charge in [-0.15, -0.1) is 0 Å². The summed E-state index contributed by atoms with van der Waals surface area (Å²) in [7, 11) is 1.69. The Labute approximate surface area is 130 Å². The first-order valence-electron chi connectivity index (χ1n) is 6.14. The Balaban J connectivity index is 3.28. The molecule has 112 valence electrons. The summed E-state index contributed by atoms with van der Waals surface area (Å²) in [6.45, 7) is 7.83. The van der Waals surface area contributed by atoms with Crippen LogP contribution in [0.1, 0.15) is 37.8 Å². The highest BCUT2D eigenvalue weighted by molar-refractivity contribution is 8.13. The number of aryl methyl sites for hydroxylation is 1. The molecule has 1 aromatic carbocycles. The van der Waals surface area contributed by atoms with Crippen LogP contribution in [0.3, 0.4) is 0 Å². The second-order valence-corrected chi connectivity index (χ2v) is 7.74. The maximum absolute atomic E-state index is 11.6. The number of benzene rings is 1. The smallest absolute Gasteiger partial charge is 0.261 e. The molecule has 0 atom stereocenters. The van der Waals surface area contributed by atoms with E-state index in [1.807, 2.05) is 20.8 Å². The second-order valence-electron chi connectivity index (χ2n) is 4.99. The average Bonchev–Trinajstić information content (AvgIpc) is 2.33. The van der Waals surface area contributed by atoms with Crippen LogP contribution >= 0.6 is 22.3 Å². The number of hydrogen-bond acceptors (Lipinski definition) is 3. The van der Waals surface area contributed by atoms with Crippen molar-refractivity contribution in [1.82, 2.24) is 0 Å². The summed E-state index contributed by atoms with van der Waals surface area (Å²) in [5.74, 6) is 0.766. The first-order chi connectivity index (χ1) is 9.16. The Hall–Kier alpha value is -0.710. The van der Waals surface area contributed by atoms with Crippen molar-refractivity contribution in [1.29, 1.82) is 0 Å². The van der Waals surface area contributed by atoms with Crippen LogP contribution in [-0.2, 0) is 9.05 Å². The van der Waals surface area contributed by atoms with Crippen LogP contribution in [0, 0.1) is 6.92 Å². The highest BCUT2D eigenvalue weighted by Gasteiger charge is 2.19. The van der Waals surface area contributed by atoms with E-state index < -0.39 is 9.05 Å². The maximum atomic E-state index is 11.6. The third-order valence-electron chi connectivity index (χ3n) is 2.83. The molecule has 0 aromatic heterocycles. The summed E-state index contributed by atoms with van der Waals surface area (Å²) in [6.07, 6.45) is 0. The molecule has 0 aliphatic heterocycles. The minimum absolute atomic E-state index is 0.114. The molecule has 0 N–H and O–H groups in total. The first-order valence-corrected chi connectivity index (χ1v) is 8.89. The zero-order chi connectivity index (χ0) is 15.5. The monoisotopic (exact) mass is 336 g/mol. The topological polar surface area (TPSA) is 43.4 Å². The molecule has 0 saturated heterocycles. The van der Waals surface area contributed by atoms with Gasteiger partial charge in [-0.2, -0.15) is 0 Å². The molecule has 0 aliphatic carbocycles. The van der Waals surface area contributed by atoms with Gasteiger partial charge >= 0.3 is 0 Å². The van der Waals surface area contributed by atoms with Crippen LogP contribution in [0.5, 0.6) is 5.75 Å². The van der Waals surface area contributed by atoms with E-state index in [2.05, 4.69) is 0 Å². The molecule has 0 amide bonds. The molecule has 20 heavy (non-hydrogen) atoms. The lowest BCUT2D eigenvalue weighted by molar-refractivity contribution is 0.346. The molecule has 0 bridgehead atoms. The number of rotatable bonds is 5. The van der Waals surface area contributed by atoms with Crippen molar-refractivity contribution in [2.24, 2.45) is 0 Å². The van der Waals surface area contributed by atoms with Crippen molar-refractivity contribution in [3.63, 3.8) is 0 Å². The van der Waals surface area contributed by atoms with Crippen LogP contribution in [0.25, 0.3) is 0 Å². The summed E-state index contributed by atoms with van der Waals surface area (Å²) in [5.41, 5.74) is 3.71. The summed E-state index contributed by atoms with van der Waals surface area (Å²) >= 11 is 5.60. The summed E-state index contributed by atoms with van der Waals surface area (Å²) in [5, 5.41) is 0. The Morgan fingerprint density at radius 3 is 2.45 bits per heavy atom. The van der Waals surface area contributed by atoms with Gasteiger partial charge < -0.3 is 4.74 Å². The van der Waals surface area contributed by atoms with Crippen molar-refractivity contribution < 1.29 is 13.2 Å². The van der Waals surface area contributed by atoms with Crippen molar-refractivity contribution in [2.45, 2.75) is 38.5 Å². The molecule has 0 radical (unpaired) electrons. The molecule has 3 nitrogen and oxygen atoms in total. The SMILES string of the molecule is C/C(=C\Cl)COc1cc(C)c(S(=O)(=O)Cl)cc1C(C)C. The first kappa shape index (κ1) is 17.3. The fraction of sp³-hybridized carbons (Fsp3) is 0.429. The molecule has 0 fully saturated rings. The van der Waals surface area contributed by atoms with Gasteiger partial charge in [0.1, 0.15) is 12.4 Å². The molecular formula is C14H18Cl2O3S. The molecule has 0 heterocycles. The van der Waals surface area contributed by atoms with Crippen molar-refractivity contribution in [3.05, 3.63) is 34.4 Å². The van der Waals surface area contributed by atoms with Gasteiger partial charge in [0, 0.05) is 16.2 Å². The lowest BCUT2D eigenvalue weighted by atomic mass is 10.0. The number of hydrogen-bond donors (Lipinski definition) is 0. The van der Waals surface area contributed by atoms with Gasteiger partial charge in [-0.05, 0) is 48.6 Å². The highest BCUT2D eigenvalue weighted by Crippen LogP contribution is 2.33. The molecule has 1 rings (SSSR count). The average molecular weight is 337 g/mol. The Morgan fingerprint density at radius 1 is 1.40 bits per heavy atom. The molecule has 6 heteroatoms. The molecule has 1 aromatic rings. The van der Waals surface area contributed by atoms with E-state index in [1.165, 1.54) is 5.54 Å². The van der Waals surface area contributed by atoms with Gasteiger partial charge in [0.2, 0.25) is 0 Å². The van der Waals surface area contributed by atoms with Gasteiger partial charge in [-0.25, -0.2) is 8.42 Å². The normalized spacial score (nSPS) is 12.8. The van der Waals surface area contributed by atoms with Crippen molar-refractivity contribution in [3.8, 4) is 5.75 Å². The highest BCUT2D eigenvalue weighted by atomic mass is 35.7. The zero-order valence-electron chi connectivity index (χ0n) is 11.9. The van der Waals surface area contributed by atoms with E-state index >= 15 is 0 Å². The van der Waals surface area contributed by atoms with E-state index in [9.17, 15) is 8.42 Å². The minimum atomic E-state index is -3.76. The van der Waals surface area contributed by atoms with Gasteiger partial charge in [0.05, 0.1) is 4.90 Å². The molecule has 0 saturated carbocycles. The third-order valence-corrected chi connectivity index (χ3v) is 4.67. The molecular weight excluding hydrogens is 319 g/mol. The molecule has 0 unspecified atom stereocenters. The van der Waals surface area contributed by atoms with Gasteiger partial charge in [-0.1, -0.05) is 25.4 Å². The maximum Gasteiger partial charge on any atom is 0.261 e. The Bertz CT molecular complexity index is 620. The van der Waals surface area contributed by atoms with Crippen LogP contribution in [-0.4, -0.2) is 15.0 Å². The van der Waals surface area contributed by atoms with Gasteiger partial charge in [0.15, 0.2) is 0 Å². The van der Waals surface area contributed by atoms with E-state index in [0.29, 0.717) is 17.9 Å². The standard InChI is InChI=1S/C14H18Cl2O3S/c1-9(2)12-6-14(20(16,17)18)11(4)5-13(12)19-8-10(3)7-15/h5-7,9H,8H2,1-4H3/b10-7+. The van der Waals surface area contributed by atoms with E-state index in [0.717, 1.165) is 11.1 Å². The number of ether oxygens (including phenoxy) is 1. The van der Waals surface area contributed by atoms with E-state index in [4.69, 9.17) is 27.0 Å². The third kappa shape index (κ3) is 4.40. The molecule has 0 aliphatic rings. The van der Waals surface area contributed by atoms with Crippen LogP contribution in [0.4, 0.5) is 0 Å². The van der Waals surface area contributed by atoms with E-state index in [1.54, 1.807) is 19.1 Å². The second kappa shape index (κ2) is 6.83. The van der Waals surface area contributed by atoms with Crippen LogP contribution in [0.15, 0.2) is 28.1 Å². The van der Waals surface area contributed by atoms with Crippen molar-refractivity contribution >= 4 is 31.3 Å². The Kier molecular flexibility index (Phi) is 5.92. The quantitative estimate of drug-likeness (QED) is 0.740. The van der Waals surface area contributed by atoms with E-state index in [-0.39, 0.29) is 10.8 Å². The zero-order valence-corrected chi connectivity index (χ0v) is 14.2. The fourth-order valence-corrected chi connectivity index (χ4v) is 3.01. The minimum Gasteiger partial charge on any atom is -0.489 e. The lowest BCUT2D eigenvalue weighted by Gasteiger charge is -2.17. The predicted molar refractivity (Wildman–Crippen MR) is 83.4 cm³/mol. The summed E-state index contributed by atoms with van der Waals surface area (Å²) in [4.78, 5) is 0.125. The summed E-state index contributed by atoms with van der Waals surface area (Å²) in [6, 6.07) is 3.28. The van der Waals surface area contributed by atoms with Gasteiger partial charge in [0.25, 0.3) is 9.05 Å². The summed E-state index contributed by atoms with van der Waals surface area (Å²) < 4.78 is 28.8. The predicted octanol–water partition coefficient (Wildman–Crippen LogP) is 4.57.